The quantitative estimate of drug-likeness (QED) is 0.444. The van der Waals surface area contributed by atoms with Crippen LogP contribution in [0.5, 0.6) is 0 Å². The van der Waals surface area contributed by atoms with E-state index in [1.54, 1.807) is 24.3 Å². The van der Waals surface area contributed by atoms with Crippen molar-refractivity contribution in [2.24, 2.45) is 5.92 Å². The Balaban J connectivity index is 2.07. The van der Waals surface area contributed by atoms with Crippen molar-refractivity contribution in [2.75, 3.05) is 13.1 Å². The third-order valence-corrected chi connectivity index (χ3v) is 4.69. The molecule has 2 aromatic carbocycles. The standard InChI is InChI=1S/C24H29FN2O6/c1-16(2)13-27(14-21(28)23(31)33-15-17-7-4-3-5-8-17)24(32)26-20(12-22(29)30)18-9-6-10-19(25)11-18/h3-11,16,20-21,28H,12-15H2,1-2H3,(H,26,32)(H,29,30). The maximum absolute atomic E-state index is 13.6. The number of aliphatic hydroxyl groups excluding tert-OH is 1. The van der Waals surface area contributed by atoms with Crippen LogP contribution in [-0.4, -0.2) is 52.3 Å². The average Bonchev–Trinajstić information content (AvgIpc) is 2.76. The zero-order valence-electron chi connectivity index (χ0n) is 18.6. The van der Waals surface area contributed by atoms with Gasteiger partial charge in [-0.25, -0.2) is 14.0 Å². The zero-order chi connectivity index (χ0) is 24.4. The van der Waals surface area contributed by atoms with Crippen molar-refractivity contribution in [2.45, 2.75) is 39.0 Å². The molecule has 0 saturated heterocycles. The van der Waals surface area contributed by atoms with Crippen LogP contribution in [-0.2, 0) is 20.9 Å². The number of urea groups is 1. The SMILES string of the molecule is CC(C)CN(CC(O)C(=O)OCc1ccccc1)C(=O)NC(CC(=O)O)c1cccc(F)c1. The van der Waals surface area contributed by atoms with Crippen LogP contribution in [0.1, 0.15) is 37.4 Å². The Bertz CT molecular complexity index is 938. The molecule has 33 heavy (non-hydrogen) atoms. The van der Waals surface area contributed by atoms with Gasteiger partial charge < -0.3 is 25.2 Å². The molecule has 0 saturated carbocycles. The molecule has 2 unspecified atom stereocenters. The number of ether oxygens (including phenoxy) is 1. The minimum Gasteiger partial charge on any atom is -0.481 e. The van der Waals surface area contributed by atoms with E-state index in [1.807, 2.05) is 19.9 Å². The number of hydrogen-bond donors (Lipinski definition) is 3. The second kappa shape index (κ2) is 12.5. The first-order valence-electron chi connectivity index (χ1n) is 10.6. The largest absolute Gasteiger partial charge is 0.481 e. The van der Waals surface area contributed by atoms with Crippen molar-refractivity contribution in [3.05, 3.63) is 71.5 Å². The van der Waals surface area contributed by atoms with E-state index in [4.69, 9.17) is 4.74 Å². The Morgan fingerprint density at radius 3 is 2.36 bits per heavy atom. The molecule has 2 amide bonds. The fourth-order valence-electron chi connectivity index (χ4n) is 3.18. The number of rotatable bonds is 11. The Morgan fingerprint density at radius 2 is 1.76 bits per heavy atom. The van der Waals surface area contributed by atoms with Gasteiger partial charge in [0.2, 0.25) is 0 Å². The highest BCUT2D eigenvalue weighted by Gasteiger charge is 2.27. The van der Waals surface area contributed by atoms with Crippen molar-refractivity contribution in [3.63, 3.8) is 0 Å². The predicted octanol–water partition coefficient (Wildman–Crippen LogP) is 3.11. The van der Waals surface area contributed by atoms with Gasteiger partial charge in [-0.05, 0) is 29.2 Å². The summed E-state index contributed by atoms with van der Waals surface area (Å²) in [5, 5.41) is 22.1. The van der Waals surface area contributed by atoms with Crippen molar-refractivity contribution in [1.82, 2.24) is 10.2 Å². The molecule has 0 aliphatic heterocycles. The van der Waals surface area contributed by atoms with Gasteiger partial charge in [0.15, 0.2) is 6.10 Å². The average molecular weight is 461 g/mol. The minimum absolute atomic E-state index is 0.00428. The third-order valence-electron chi connectivity index (χ3n) is 4.69. The summed E-state index contributed by atoms with van der Waals surface area (Å²) in [6.07, 6.45) is -2.06. The summed E-state index contributed by atoms with van der Waals surface area (Å²) in [6, 6.07) is 12.6. The van der Waals surface area contributed by atoms with E-state index >= 15 is 0 Å². The van der Waals surface area contributed by atoms with Crippen molar-refractivity contribution < 1.29 is 33.7 Å². The number of nitrogens with zero attached hydrogens (tertiary/aromatic N) is 1. The molecule has 0 fully saturated rings. The number of nitrogens with one attached hydrogen (secondary N) is 1. The van der Waals surface area contributed by atoms with Gasteiger partial charge in [0, 0.05) is 6.54 Å². The Labute approximate surface area is 192 Å². The van der Waals surface area contributed by atoms with Crippen LogP contribution in [0, 0.1) is 11.7 Å². The van der Waals surface area contributed by atoms with E-state index in [9.17, 15) is 29.0 Å². The van der Waals surface area contributed by atoms with E-state index in [0.717, 1.165) is 11.6 Å². The van der Waals surface area contributed by atoms with Crippen molar-refractivity contribution in [3.8, 4) is 0 Å². The van der Waals surface area contributed by atoms with Gasteiger partial charge in [-0.2, -0.15) is 0 Å². The van der Waals surface area contributed by atoms with Gasteiger partial charge in [0.05, 0.1) is 19.0 Å². The molecule has 0 radical (unpaired) electrons. The molecule has 2 aromatic rings. The number of amides is 2. The van der Waals surface area contributed by atoms with Gasteiger partial charge in [-0.3, -0.25) is 4.79 Å². The van der Waals surface area contributed by atoms with Crippen molar-refractivity contribution >= 4 is 18.0 Å². The van der Waals surface area contributed by atoms with E-state index in [0.29, 0.717) is 0 Å². The zero-order valence-corrected chi connectivity index (χ0v) is 18.6. The second-order valence-electron chi connectivity index (χ2n) is 8.06. The lowest BCUT2D eigenvalue weighted by atomic mass is 10.0. The summed E-state index contributed by atoms with van der Waals surface area (Å²) in [5.41, 5.74) is 1.04. The van der Waals surface area contributed by atoms with Crippen molar-refractivity contribution in [1.29, 1.82) is 0 Å². The molecule has 8 nitrogen and oxygen atoms in total. The van der Waals surface area contributed by atoms with Crippen LogP contribution in [0.15, 0.2) is 54.6 Å². The number of halogens is 1. The summed E-state index contributed by atoms with van der Waals surface area (Å²) in [6.45, 7) is 3.52. The van der Waals surface area contributed by atoms with Gasteiger partial charge in [-0.15, -0.1) is 0 Å². The lowest BCUT2D eigenvalue weighted by Gasteiger charge is -2.29. The number of carbonyl (C=O) groups excluding carboxylic acids is 2. The molecule has 9 heteroatoms. The van der Waals surface area contributed by atoms with E-state index in [2.05, 4.69) is 5.32 Å². The highest BCUT2D eigenvalue weighted by molar-refractivity contribution is 5.79. The number of hydrogen-bond acceptors (Lipinski definition) is 5. The number of carboxylic acids is 1. The molecule has 0 aliphatic carbocycles. The van der Waals surface area contributed by atoms with Crippen LogP contribution in [0.25, 0.3) is 0 Å². The Kier molecular flexibility index (Phi) is 9.81. The fraction of sp³-hybridized carbons (Fsp3) is 0.375. The number of carboxylic acid groups (broad SMARTS) is 1. The number of aliphatic carboxylic acids is 1. The van der Waals surface area contributed by atoms with E-state index in [-0.39, 0.29) is 31.2 Å². The maximum atomic E-state index is 13.6. The van der Waals surface area contributed by atoms with Crippen LogP contribution in [0.3, 0.4) is 0 Å². The van der Waals surface area contributed by atoms with Gasteiger partial charge in [0.1, 0.15) is 12.4 Å². The Morgan fingerprint density at radius 1 is 1.06 bits per heavy atom. The normalized spacial score (nSPS) is 12.6. The molecule has 2 atom stereocenters. The lowest BCUT2D eigenvalue weighted by Crippen LogP contribution is -2.48. The molecular formula is C24H29FN2O6. The summed E-state index contributed by atoms with van der Waals surface area (Å²) >= 11 is 0. The van der Waals surface area contributed by atoms with Crippen LogP contribution >= 0.6 is 0 Å². The molecule has 0 aliphatic rings. The molecule has 178 valence electrons. The summed E-state index contributed by atoms with van der Waals surface area (Å²) in [4.78, 5) is 37.7. The number of benzene rings is 2. The van der Waals surface area contributed by atoms with Gasteiger partial charge >= 0.3 is 18.0 Å². The maximum Gasteiger partial charge on any atom is 0.337 e. The third kappa shape index (κ3) is 8.89. The molecule has 0 bridgehead atoms. The minimum atomic E-state index is -1.59. The predicted molar refractivity (Wildman–Crippen MR) is 119 cm³/mol. The monoisotopic (exact) mass is 460 g/mol. The van der Waals surface area contributed by atoms with E-state index < -0.39 is 42.4 Å². The number of esters is 1. The van der Waals surface area contributed by atoms with Crippen LogP contribution in [0.2, 0.25) is 0 Å². The van der Waals surface area contributed by atoms with Crippen LogP contribution < -0.4 is 5.32 Å². The summed E-state index contributed by atoms with van der Waals surface area (Å²) < 4.78 is 18.8. The fourth-order valence-corrected chi connectivity index (χ4v) is 3.18. The highest BCUT2D eigenvalue weighted by Crippen LogP contribution is 2.19. The molecular weight excluding hydrogens is 431 g/mol. The van der Waals surface area contributed by atoms with Gasteiger partial charge in [0.25, 0.3) is 0 Å². The number of carbonyl (C=O) groups is 3. The Hall–Kier alpha value is -3.46. The first-order valence-corrected chi connectivity index (χ1v) is 10.6. The molecule has 0 heterocycles. The number of aliphatic hydroxyl groups is 1. The van der Waals surface area contributed by atoms with E-state index in [1.165, 1.54) is 23.1 Å². The second-order valence-corrected chi connectivity index (χ2v) is 8.06. The molecule has 2 rings (SSSR count). The topological polar surface area (TPSA) is 116 Å². The molecule has 0 spiro atoms. The molecule has 3 N–H and O–H groups in total. The van der Waals surface area contributed by atoms with Crippen LogP contribution in [0.4, 0.5) is 9.18 Å². The first kappa shape index (κ1) is 25.8. The smallest absolute Gasteiger partial charge is 0.337 e. The summed E-state index contributed by atoms with van der Waals surface area (Å²) in [7, 11) is 0. The lowest BCUT2D eigenvalue weighted by molar-refractivity contribution is -0.155. The summed E-state index contributed by atoms with van der Waals surface area (Å²) in [5.74, 6) is -2.62. The first-order chi connectivity index (χ1) is 15.7. The van der Waals surface area contributed by atoms with Gasteiger partial charge in [-0.1, -0.05) is 56.3 Å². The molecule has 0 aromatic heterocycles. The highest BCUT2D eigenvalue weighted by atomic mass is 19.1.